The fourth-order valence-corrected chi connectivity index (χ4v) is 2.24. The van der Waals surface area contributed by atoms with Gasteiger partial charge >= 0.3 is 0 Å². The van der Waals surface area contributed by atoms with E-state index in [9.17, 15) is 0 Å². The summed E-state index contributed by atoms with van der Waals surface area (Å²) in [5.41, 5.74) is 0. The van der Waals surface area contributed by atoms with E-state index in [0.717, 1.165) is 10.0 Å². The Bertz CT molecular complexity index is 627. The molecular weight excluding hydrogens is 252 g/mol. The van der Waals surface area contributed by atoms with Crippen LogP contribution in [0.5, 0.6) is 0 Å². The lowest BCUT2D eigenvalue weighted by molar-refractivity contribution is 1.06. The van der Waals surface area contributed by atoms with Crippen LogP contribution in [0.1, 0.15) is 10.0 Å². The van der Waals surface area contributed by atoms with Gasteiger partial charge in [-0.2, -0.15) is 0 Å². The van der Waals surface area contributed by atoms with E-state index >= 15 is 0 Å². The minimum Gasteiger partial charge on any atom is -0.128 e. The third-order valence-corrected chi connectivity index (χ3v) is 3.37. The van der Waals surface area contributed by atoms with Crippen LogP contribution in [-0.2, 0) is 0 Å². The summed E-state index contributed by atoms with van der Waals surface area (Å²) >= 11 is 1.43. The van der Waals surface area contributed by atoms with Crippen LogP contribution in [0.4, 0.5) is 0 Å². The Balaban J connectivity index is 1.69. The first-order chi connectivity index (χ1) is 9.40. The second-order valence-corrected chi connectivity index (χ2v) is 5.02. The van der Waals surface area contributed by atoms with E-state index in [0.29, 0.717) is 0 Å². The summed E-state index contributed by atoms with van der Waals surface area (Å²) in [6.45, 7) is 0. The van der Waals surface area contributed by atoms with Gasteiger partial charge in [0.05, 0.1) is 11.8 Å². The summed E-state index contributed by atoms with van der Waals surface area (Å²) in [5, 5.41) is 9.50. The summed E-state index contributed by atoms with van der Waals surface area (Å²) in [5.74, 6) is 12.7. The molecule has 1 aromatic heterocycles. The zero-order valence-electron chi connectivity index (χ0n) is 10.1. The molecule has 3 rings (SSSR count). The van der Waals surface area contributed by atoms with Crippen LogP contribution < -0.4 is 0 Å². The van der Waals surface area contributed by atoms with E-state index < -0.39 is 0 Å². The van der Waals surface area contributed by atoms with Gasteiger partial charge in [-0.3, -0.25) is 0 Å². The minimum absolute atomic E-state index is 0.201. The standard InChI is InChI=1S/C16H10N2S/c1-2-6-13(5-1)9-11-15-17-18-16(19-15)12-10-14-7-3-4-8-14/h1-8,13-14H. The van der Waals surface area contributed by atoms with Crippen molar-refractivity contribution in [2.24, 2.45) is 11.8 Å². The molecule has 1 heterocycles. The maximum atomic E-state index is 4.03. The maximum absolute atomic E-state index is 4.03. The van der Waals surface area contributed by atoms with Gasteiger partial charge < -0.3 is 0 Å². The molecule has 3 heteroatoms. The molecule has 1 aromatic rings. The highest BCUT2D eigenvalue weighted by molar-refractivity contribution is 7.12. The molecule has 0 saturated carbocycles. The van der Waals surface area contributed by atoms with Gasteiger partial charge in [0.1, 0.15) is 0 Å². The molecule has 19 heavy (non-hydrogen) atoms. The van der Waals surface area contributed by atoms with Crippen LogP contribution in [0.15, 0.2) is 48.6 Å². The quantitative estimate of drug-likeness (QED) is 0.672. The van der Waals surface area contributed by atoms with Crippen LogP contribution in [0.2, 0.25) is 0 Å². The Morgan fingerprint density at radius 2 is 1.16 bits per heavy atom. The fraction of sp³-hybridized carbons (Fsp3) is 0.125. The third kappa shape index (κ3) is 3.10. The molecule has 0 N–H and O–H groups in total. The van der Waals surface area contributed by atoms with E-state index in [1.807, 2.05) is 48.6 Å². The van der Waals surface area contributed by atoms with Crippen molar-refractivity contribution in [3.05, 3.63) is 58.6 Å². The van der Waals surface area contributed by atoms with Crippen LogP contribution in [-0.4, -0.2) is 10.2 Å². The first-order valence-electron chi connectivity index (χ1n) is 5.97. The van der Waals surface area contributed by atoms with Gasteiger partial charge in [-0.25, -0.2) is 0 Å². The minimum atomic E-state index is 0.201. The molecule has 90 valence electrons. The SMILES string of the molecule is C(#CC1C=CC=C1)c1nnc(C#CC2C=CC=C2)s1. The van der Waals surface area contributed by atoms with Crippen molar-refractivity contribution in [3.63, 3.8) is 0 Å². The summed E-state index contributed by atoms with van der Waals surface area (Å²) in [6.07, 6.45) is 16.2. The third-order valence-electron chi connectivity index (χ3n) is 2.61. The van der Waals surface area contributed by atoms with E-state index in [4.69, 9.17) is 0 Å². The molecule has 0 aliphatic heterocycles. The van der Waals surface area contributed by atoms with Gasteiger partial charge in [-0.15, -0.1) is 10.2 Å². The normalized spacial score (nSPS) is 16.4. The lowest BCUT2D eigenvalue weighted by Gasteiger charge is -1.87. The Hall–Kier alpha value is -2.36. The molecule has 2 aliphatic carbocycles. The highest BCUT2D eigenvalue weighted by atomic mass is 32.1. The molecular formula is C16H10N2S. The molecule has 0 aromatic carbocycles. The average Bonchev–Trinajstić information content (AvgIpc) is 3.16. The molecule has 0 saturated heterocycles. The zero-order valence-corrected chi connectivity index (χ0v) is 10.9. The fourth-order valence-electron chi connectivity index (χ4n) is 1.67. The predicted octanol–water partition coefficient (Wildman–Crippen LogP) is 2.73. The second kappa shape index (κ2) is 5.52. The molecule has 0 radical (unpaired) electrons. The number of hydrogen-bond acceptors (Lipinski definition) is 3. The van der Waals surface area contributed by atoms with Crippen LogP contribution in [0.25, 0.3) is 0 Å². The van der Waals surface area contributed by atoms with E-state index in [2.05, 4.69) is 33.9 Å². The van der Waals surface area contributed by atoms with E-state index in [-0.39, 0.29) is 11.8 Å². The van der Waals surface area contributed by atoms with Crippen molar-refractivity contribution in [2.75, 3.05) is 0 Å². The lowest BCUT2D eigenvalue weighted by Crippen LogP contribution is -1.82. The Morgan fingerprint density at radius 1 is 0.737 bits per heavy atom. The molecule has 2 aliphatic rings. The van der Waals surface area contributed by atoms with Gasteiger partial charge in [0.25, 0.3) is 0 Å². The number of aromatic nitrogens is 2. The van der Waals surface area contributed by atoms with Crippen molar-refractivity contribution in [1.29, 1.82) is 0 Å². The first kappa shape index (κ1) is 11.7. The van der Waals surface area contributed by atoms with Gasteiger partial charge in [-0.1, -0.05) is 71.8 Å². The van der Waals surface area contributed by atoms with E-state index in [1.54, 1.807) is 0 Å². The van der Waals surface area contributed by atoms with Crippen molar-refractivity contribution in [3.8, 4) is 23.7 Å². The highest BCUT2D eigenvalue weighted by Crippen LogP contribution is 2.11. The van der Waals surface area contributed by atoms with Crippen molar-refractivity contribution in [2.45, 2.75) is 0 Å². The Kier molecular flexibility index (Phi) is 3.40. The smallest absolute Gasteiger partial charge is 0.128 e. The number of hydrogen-bond donors (Lipinski definition) is 0. The monoisotopic (exact) mass is 262 g/mol. The molecule has 0 amide bonds. The molecule has 0 atom stereocenters. The van der Waals surface area contributed by atoms with Gasteiger partial charge in [0, 0.05) is 0 Å². The lowest BCUT2D eigenvalue weighted by atomic mass is 10.2. The topological polar surface area (TPSA) is 25.8 Å². The molecule has 0 bridgehead atoms. The van der Waals surface area contributed by atoms with Crippen molar-refractivity contribution < 1.29 is 0 Å². The molecule has 0 spiro atoms. The summed E-state index contributed by atoms with van der Waals surface area (Å²) in [6, 6.07) is 0. The number of nitrogens with zero attached hydrogens (tertiary/aromatic N) is 2. The summed E-state index contributed by atoms with van der Waals surface area (Å²) < 4.78 is 0. The number of rotatable bonds is 0. The molecule has 0 fully saturated rings. The first-order valence-corrected chi connectivity index (χ1v) is 6.78. The maximum Gasteiger partial charge on any atom is 0.191 e. The van der Waals surface area contributed by atoms with Gasteiger partial charge in [-0.05, 0) is 11.8 Å². The molecule has 2 nitrogen and oxygen atoms in total. The zero-order chi connectivity index (χ0) is 12.9. The highest BCUT2D eigenvalue weighted by Gasteiger charge is 2.02. The van der Waals surface area contributed by atoms with Crippen molar-refractivity contribution >= 4 is 11.3 Å². The van der Waals surface area contributed by atoms with Crippen LogP contribution in [0, 0.1) is 35.5 Å². The Morgan fingerprint density at radius 3 is 1.58 bits per heavy atom. The van der Waals surface area contributed by atoms with Gasteiger partial charge in [0.2, 0.25) is 0 Å². The number of allylic oxidation sites excluding steroid dienone is 8. The van der Waals surface area contributed by atoms with E-state index in [1.165, 1.54) is 11.3 Å². The summed E-state index contributed by atoms with van der Waals surface area (Å²) in [4.78, 5) is 0. The van der Waals surface area contributed by atoms with Crippen LogP contribution in [0.3, 0.4) is 0 Å². The second-order valence-electron chi connectivity index (χ2n) is 4.04. The Labute approximate surface area is 116 Å². The summed E-state index contributed by atoms with van der Waals surface area (Å²) in [7, 11) is 0. The predicted molar refractivity (Wildman–Crippen MR) is 77.2 cm³/mol. The molecule has 0 unspecified atom stereocenters. The average molecular weight is 262 g/mol. The van der Waals surface area contributed by atoms with Crippen molar-refractivity contribution in [1.82, 2.24) is 10.2 Å². The largest absolute Gasteiger partial charge is 0.191 e. The van der Waals surface area contributed by atoms with Gasteiger partial charge in [0.15, 0.2) is 10.0 Å². The van der Waals surface area contributed by atoms with Crippen LogP contribution >= 0.6 is 11.3 Å².